The van der Waals surface area contributed by atoms with Gasteiger partial charge in [-0.1, -0.05) is 0 Å². The van der Waals surface area contributed by atoms with Gasteiger partial charge in [-0.05, 0) is 0 Å². The molecule has 0 aromatic heterocycles. The molecule has 0 aliphatic heterocycles. The third-order valence-corrected chi connectivity index (χ3v) is 6.20. The van der Waals surface area contributed by atoms with Crippen LogP contribution in [0.3, 0.4) is 0 Å². The first-order valence-corrected chi connectivity index (χ1v) is 11.8. The van der Waals surface area contributed by atoms with Crippen LogP contribution in [0.1, 0.15) is 13.3 Å². The number of hydrogen-bond donors (Lipinski definition) is 0. The van der Waals surface area contributed by atoms with Gasteiger partial charge in [0.2, 0.25) is 0 Å². The molecule has 0 aromatic rings. The molecule has 0 aliphatic carbocycles. The van der Waals surface area contributed by atoms with Crippen LogP contribution in [0.25, 0.3) is 0 Å². The Morgan fingerprint density at radius 3 is 2.20 bits per heavy atom. The first kappa shape index (κ1) is 5.94. The van der Waals surface area contributed by atoms with Crippen LogP contribution in [-0.4, -0.2) is 0 Å². The molecule has 0 spiro atoms. The predicted molar refractivity (Wildman–Crippen MR) is 21.0 cm³/mol. The van der Waals surface area contributed by atoms with Gasteiger partial charge in [-0.25, -0.2) is 0 Å². The zero-order valence-corrected chi connectivity index (χ0v) is 9.62. The Labute approximate surface area is 46.4 Å². The molecular formula is C4H10Hg. The monoisotopic (exact) mass is 260 g/mol. The van der Waals surface area contributed by atoms with Gasteiger partial charge >= 0.3 is 46.3 Å². The van der Waals surface area contributed by atoms with E-state index in [-0.39, 0.29) is 24.6 Å². The van der Waals surface area contributed by atoms with E-state index in [4.69, 9.17) is 0 Å². The van der Waals surface area contributed by atoms with E-state index in [0.717, 1.165) is 0 Å². The molecule has 0 fully saturated rings. The van der Waals surface area contributed by atoms with Crippen LogP contribution in [-0.2, 0) is 24.6 Å². The van der Waals surface area contributed by atoms with Crippen LogP contribution in [0.5, 0.6) is 0 Å². The van der Waals surface area contributed by atoms with Crippen molar-refractivity contribution in [3.63, 3.8) is 0 Å². The van der Waals surface area contributed by atoms with Gasteiger partial charge in [0.25, 0.3) is 0 Å². The van der Waals surface area contributed by atoms with Crippen LogP contribution in [0.4, 0.5) is 0 Å². The fraction of sp³-hybridized carbons (Fsp3) is 1.00. The van der Waals surface area contributed by atoms with Gasteiger partial charge in [-0.2, -0.15) is 0 Å². The molecule has 0 unspecified atom stereocenters. The molecule has 1 heteroatoms. The van der Waals surface area contributed by atoms with E-state index in [2.05, 4.69) is 11.4 Å². The summed E-state index contributed by atoms with van der Waals surface area (Å²) in [7, 11) is 0. The van der Waals surface area contributed by atoms with Crippen LogP contribution in [0, 0.1) is 0 Å². The molecule has 28 valence electrons. The van der Waals surface area contributed by atoms with Gasteiger partial charge in [-0.3, -0.25) is 0 Å². The fourth-order valence-corrected chi connectivity index (χ4v) is 3.10. The van der Waals surface area contributed by atoms with E-state index in [0.29, 0.717) is 0 Å². The van der Waals surface area contributed by atoms with E-state index >= 15 is 0 Å². The van der Waals surface area contributed by atoms with E-state index in [1.807, 2.05) is 0 Å². The maximum absolute atomic E-state index is 2.43. The Bertz CT molecular complexity index is 11.1. The third-order valence-electron chi connectivity index (χ3n) is 0.707. The van der Waals surface area contributed by atoms with E-state index < -0.39 is 0 Å². The second-order valence-corrected chi connectivity index (χ2v) is 7.99. The van der Waals surface area contributed by atoms with Gasteiger partial charge in [0, 0.05) is 0 Å². The summed E-state index contributed by atoms with van der Waals surface area (Å²) in [6.45, 7) is 2.27. The quantitative estimate of drug-likeness (QED) is 0.664. The van der Waals surface area contributed by atoms with Crippen molar-refractivity contribution in [2.24, 2.45) is 0 Å². The molecule has 0 heterocycles. The predicted octanol–water partition coefficient (Wildman–Crippen LogP) is 1.95. The van der Waals surface area contributed by atoms with Crippen molar-refractivity contribution in [3.8, 4) is 0 Å². The van der Waals surface area contributed by atoms with Gasteiger partial charge in [0.1, 0.15) is 0 Å². The van der Waals surface area contributed by atoms with Crippen LogP contribution in [0.15, 0.2) is 0 Å². The molecule has 0 saturated heterocycles. The third kappa shape index (κ3) is 4.94. The Hall–Kier alpha value is 0.935. The summed E-state index contributed by atoms with van der Waals surface area (Å²) in [5.41, 5.74) is 0. The summed E-state index contributed by atoms with van der Waals surface area (Å²) in [6, 6.07) is 0. The second kappa shape index (κ2) is 4.94. The van der Waals surface area contributed by atoms with Crippen molar-refractivity contribution >= 4 is 0 Å². The Kier molecular flexibility index (Phi) is 5.86. The summed E-state index contributed by atoms with van der Waals surface area (Å²) >= 11 is -0.144. The van der Waals surface area contributed by atoms with Crippen LogP contribution < -0.4 is 0 Å². The summed E-state index contributed by atoms with van der Waals surface area (Å²) < 4.78 is 4.05. The second-order valence-electron chi connectivity index (χ2n) is 1.35. The Balaban J connectivity index is 2.19. The van der Waals surface area contributed by atoms with Crippen LogP contribution >= 0.6 is 0 Å². The molecule has 0 aliphatic rings. The zero-order valence-electron chi connectivity index (χ0n) is 4.12. The summed E-state index contributed by atoms with van der Waals surface area (Å²) in [4.78, 5) is 0. The van der Waals surface area contributed by atoms with Crippen molar-refractivity contribution in [2.45, 2.75) is 21.7 Å². The van der Waals surface area contributed by atoms with E-state index in [1.54, 1.807) is 3.93 Å². The topological polar surface area (TPSA) is 0 Å². The molecule has 0 saturated carbocycles. The van der Waals surface area contributed by atoms with Crippen molar-refractivity contribution in [3.05, 3.63) is 0 Å². The van der Waals surface area contributed by atoms with Gasteiger partial charge in [0.15, 0.2) is 0 Å². The summed E-state index contributed by atoms with van der Waals surface area (Å²) in [5.74, 6) is 0. The maximum atomic E-state index is 2.43. The summed E-state index contributed by atoms with van der Waals surface area (Å²) in [6.07, 6.45) is 1.44. The van der Waals surface area contributed by atoms with Crippen molar-refractivity contribution in [2.75, 3.05) is 0 Å². The van der Waals surface area contributed by atoms with Crippen molar-refractivity contribution in [1.82, 2.24) is 0 Å². The van der Waals surface area contributed by atoms with Crippen molar-refractivity contribution < 1.29 is 24.6 Å². The number of hydrogen-bond acceptors (Lipinski definition) is 0. The molecule has 0 rings (SSSR count). The molecule has 0 N–H and O–H groups in total. The normalized spacial score (nSPS) is 6.80. The fourth-order valence-electron chi connectivity index (χ4n) is 0.354. The average Bonchev–Trinajstić information content (AvgIpc) is 1.41. The minimum absolute atomic E-state index is 0.144. The molecule has 0 amide bonds. The molecule has 0 nitrogen and oxygen atoms in total. The van der Waals surface area contributed by atoms with E-state index in [9.17, 15) is 0 Å². The van der Waals surface area contributed by atoms with Gasteiger partial charge in [0.05, 0.1) is 0 Å². The molecule has 5 heavy (non-hydrogen) atoms. The van der Waals surface area contributed by atoms with Gasteiger partial charge < -0.3 is 0 Å². The standard InChI is InChI=1S/C3H7.CH3.Hg/c1-3-2;;/h1,3H2,2H3;1H3;. The minimum atomic E-state index is -0.144. The van der Waals surface area contributed by atoms with E-state index in [1.165, 1.54) is 6.42 Å². The zero-order chi connectivity index (χ0) is 4.12. The Morgan fingerprint density at radius 1 is 1.60 bits per heavy atom. The molecule has 0 radical (unpaired) electrons. The Morgan fingerprint density at radius 2 is 2.20 bits per heavy atom. The van der Waals surface area contributed by atoms with Gasteiger partial charge in [-0.15, -0.1) is 0 Å². The summed E-state index contributed by atoms with van der Waals surface area (Å²) in [5, 5.41) is 0. The SMILES string of the molecule is CC[CH2][Hg][CH3]. The molecular weight excluding hydrogens is 249 g/mol. The molecule has 0 atom stereocenters. The van der Waals surface area contributed by atoms with Crippen LogP contribution in [0.2, 0.25) is 8.36 Å². The first-order valence-electron chi connectivity index (χ1n) is 2.41. The van der Waals surface area contributed by atoms with Crippen molar-refractivity contribution in [1.29, 1.82) is 0 Å². The molecule has 0 bridgehead atoms. The average molecular weight is 259 g/mol. The molecule has 0 aromatic carbocycles. The number of rotatable bonds is 2. The first-order chi connectivity index (χ1) is 2.41.